The van der Waals surface area contributed by atoms with Crippen molar-refractivity contribution in [3.8, 4) is 0 Å². The van der Waals surface area contributed by atoms with Crippen molar-refractivity contribution in [2.24, 2.45) is 0 Å². The summed E-state index contributed by atoms with van der Waals surface area (Å²) in [6, 6.07) is 7.38. The highest BCUT2D eigenvalue weighted by Gasteiger charge is 2.22. The minimum atomic E-state index is -0.340. The summed E-state index contributed by atoms with van der Waals surface area (Å²) in [5.41, 5.74) is 0.693. The molecule has 4 heteroatoms. The monoisotopic (exact) mass is 269 g/mol. The minimum absolute atomic E-state index is 0.0449. The zero-order valence-electron chi connectivity index (χ0n) is 8.20. The highest BCUT2D eigenvalue weighted by Crippen LogP contribution is 2.14. The summed E-state index contributed by atoms with van der Waals surface area (Å²) in [4.78, 5) is 12.0. The van der Waals surface area contributed by atoms with Crippen LogP contribution < -0.4 is 5.32 Å². The largest absolute Gasteiger partial charge is 0.367 e. The molecule has 1 aromatic rings. The van der Waals surface area contributed by atoms with E-state index in [1.54, 1.807) is 0 Å². The quantitative estimate of drug-likeness (QED) is 0.830. The van der Waals surface area contributed by atoms with Gasteiger partial charge in [0.15, 0.2) is 5.78 Å². The molecule has 80 valence electrons. The Bertz CT molecular complexity index is 361. The molecular formula is C11H12BrNO2. The number of halogens is 1. The second kappa shape index (κ2) is 4.88. The number of nitrogens with one attached hydrogen (secondary N) is 1. The van der Waals surface area contributed by atoms with E-state index in [1.807, 2.05) is 24.3 Å². The minimum Gasteiger partial charge on any atom is -0.367 e. The van der Waals surface area contributed by atoms with Crippen LogP contribution in [0.15, 0.2) is 28.7 Å². The van der Waals surface area contributed by atoms with Crippen LogP contribution in [0.4, 0.5) is 0 Å². The highest BCUT2D eigenvalue weighted by atomic mass is 79.9. The van der Waals surface area contributed by atoms with Crippen LogP contribution in [0.1, 0.15) is 10.4 Å². The highest BCUT2D eigenvalue weighted by molar-refractivity contribution is 9.10. The molecule has 1 unspecified atom stereocenters. The lowest BCUT2D eigenvalue weighted by atomic mass is 10.1. The number of hydrogen-bond acceptors (Lipinski definition) is 3. The Labute approximate surface area is 96.9 Å². The Kier molecular flexibility index (Phi) is 3.51. The first-order valence-electron chi connectivity index (χ1n) is 4.89. The van der Waals surface area contributed by atoms with Gasteiger partial charge in [-0.15, -0.1) is 0 Å². The lowest BCUT2D eigenvalue weighted by molar-refractivity contribution is 0.0269. The van der Waals surface area contributed by atoms with Crippen LogP contribution >= 0.6 is 15.9 Å². The lowest BCUT2D eigenvalue weighted by Crippen LogP contribution is -2.43. The second-order valence-corrected chi connectivity index (χ2v) is 4.35. The number of Topliss-reactive ketones (excluding diaryl/α,β-unsaturated/α-hetero) is 1. The third-order valence-corrected chi connectivity index (χ3v) is 2.82. The third kappa shape index (κ3) is 2.65. The van der Waals surface area contributed by atoms with Gasteiger partial charge < -0.3 is 10.1 Å². The fourth-order valence-electron chi connectivity index (χ4n) is 1.56. The number of carbonyl (C=O) groups is 1. The number of ether oxygens (including phenoxy) is 1. The summed E-state index contributed by atoms with van der Waals surface area (Å²) in [5, 5.41) is 3.14. The molecule has 0 aromatic heterocycles. The van der Waals surface area contributed by atoms with E-state index in [0.29, 0.717) is 18.7 Å². The van der Waals surface area contributed by atoms with Gasteiger partial charge in [-0.1, -0.05) is 28.1 Å². The molecule has 0 bridgehead atoms. The van der Waals surface area contributed by atoms with Crippen molar-refractivity contribution in [3.05, 3.63) is 34.3 Å². The van der Waals surface area contributed by atoms with Crippen molar-refractivity contribution >= 4 is 21.7 Å². The fourth-order valence-corrected chi connectivity index (χ4v) is 1.96. The number of ketones is 1. The normalized spacial score (nSPS) is 21.3. The van der Waals surface area contributed by atoms with E-state index in [9.17, 15) is 4.79 Å². The first kappa shape index (κ1) is 10.8. The van der Waals surface area contributed by atoms with E-state index < -0.39 is 0 Å². The first-order chi connectivity index (χ1) is 7.27. The Morgan fingerprint density at radius 3 is 3.07 bits per heavy atom. The Hall–Kier alpha value is -0.710. The maximum absolute atomic E-state index is 12.0. The summed E-state index contributed by atoms with van der Waals surface area (Å²) in [5.74, 6) is 0.0449. The fraction of sp³-hybridized carbons (Fsp3) is 0.364. The maximum atomic E-state index is 12.0. The number of rotatable bonds is 2. The molecule has 3 nitrogen and oxygen atoms in total. The molecule has 0 aliphatic carbocycles. The van der Waals surface area contributed by atoms with Crippen LogP contribution in [0.5, 0.6) is 0 Å². The smallest absolute Gasteiger partial charge is 0.192 e. The van der Waals surface area contributed by atoms with Crippen LogP contribution in [0, 0.1) is 0 Å². The summed E-state index contributed by atoms with van der Waals surface area (Å²) >= 11 is 3.35. The predicted molar refractivity (Wildman–Crippen MR) is 61.1 cm³/mol. The lowest BCUT2D eigenvalue weighted by Gasteiger charge is -2.22. The van der Waals surface area contributed by atoms with Gasteiger partial charge in [-0.2, -0.15) is 0 Å². The zero-order chi connectivity index (χ0) is 10.7. The van der Waals surface area contributed by atoms with Crippen LogP contribution in [-0.4, -0.2) is 31.6 Å². The molecule has 1 aliphatic rings. The average molecular weight is 270 g/mol. The molecule has 1 aromatic carbocycles. The molecule has 1 saturated heterocycles. The van der Waals surface area contributed by atoms with Gasteiger partial charge in [0.25, 0.3) is 0 Å². The van der Waals surface area contributed by atoms with E-state index in [-0.39, 0.29) is 11.9 Å². The van der Waals surface area contributed by atoms with Crippen LogP contribution in [0.2, 0.25) is 0 Å². The van der Waals surface area contributed by atoms with Crippen molar-refractivity contribution in [2.45, 2.75) is 6.10 Å². The summed E-state index contributed by atoms with van der Waals surface area (Å²) < 4.78 is 6.32. The standard InChI is InChI=1S/C11H12BrNO2/c12-9-3-1-2-8(6-9)11(14)10-7-13-4-5-15-10/h1-3,6,10,13H,4-5,7H2. The average Bonchev–Trinajstić information content (AvgIpc) is 2.29. The van der Waals surface area contributed by atoms with Gasteiger partial charge in [-0.25, -0.2) is 0 Å². The van der Waals surface area contributed by atoms with Gasteiger partial charge in [0.2, 0.25) is 0 Å². The zero-order valence-corrected chi connectivity index (χ0v) is 9.79. The third-order valence-electron chi connectivity index (χ3n) is 2.33. The van der Waals surface area contributed by atoms with E-state index >= 15 is 0 Å². The molecule has 2 rings (SSSR count). The SMILES string of the molecule is O=C(c1cccc(Br)c1)C1CNCCO1. The van der Waals surface area contributed by atoms with Crippen LogP contribution in [0.3, 0.4) is 0 Å². The Morgan fingerprint density at radius 2 is 2.40 bits per heavy atom. The van der Waals surface area contributed by atoms with Crippen molar-refractivity contribution in [2.75, 3.05) is 19.7 Å². The molecule has 0 amide bonds. The van der Waals surface area contributed by atoms with Gasteiger partial charge in [-0.3, -0.25) is 4.79 Å². The predicted octanol–water partition coefficient (Wildman–Crippen LogP) is 1.62. The van der Waals surface area contributed by atoms with E-state index in [0.717, 1.165) is 11.0 Å². The first-order valence-corrected chi connectivity index (χ1v) is 5.69. The van der Waals surface area contributed by atoms with Gasteiger partial charge >= 0.3 is 0 Å². The second-order valence-electron chi connectivity index (χ2n) is 3.44. The summed E-state index contributed by atoms with van der Waals surface area (Å²) in [6.07, 6.45) is -0.340. The van der Waals surface area contributed by atoms with Crippen LogP contribution in [-0.2, 0) is 4.74 Å². The van der Waals surface area contributed by atoms with Gasteiger partial charge in [0.05, 0.1) is 6.61 Å². The van der Waals surface area contributed by atoms with Crippen molar-refractivity contribution < 1.29 is 9.53 Å². The summed E-state index contributed by atoms with van der Waals surface area (Å²) in [6.45, 7) is 2.03. The number of morpholine rings is 1. The summed E-state index contributed by atoms with van der Waals surface area (Å²) in [7, 11) is 0. The number of carbonyl (C=O) groups excluding carboxylic acids is 1. The Balaban J connectivity index is 2.12. The van der Waals surface area contributed by atoms with Gasteiger partial charge in [0.1, 0.15) is 6.10 Å². The topological polar surface area (TPSA) is 38.3 Å². The van der Waals surface area contributed by atoms with E-state index in [4.69, 9.17) is 4.74 Å². The molecule has 0 radical (unpaired) electrons. The number of hydrogen-bond donors (Lipinski definition) is 1. The molecule has 15 heavy (non-hydrogen) atoms. The molecule has 1 N–H and O–H groups in total. The van der Waals surface area contributed by atoms with Gasteiger partial charge in [-0.05, 0) is 12.1 Å². The van der Waals surface area contributed by atoms with Crippen molar-refractivity contribution in [1.82, 2.24) is 5.32 Å². The molecule has 0 spiro atoms. The molecule has 0 saturated carbocycles. The van der Waals surface area contributed by atoms with Crippen molar-refractivity contribution in [1.29, 1.82) is 0 Å². The van der Waals surface area contributed by atoms with E-state index in [1.165, 1.54) is 0 Å². The van der Waals surface area contributed by atoms with E-state index in [2.05, 4.69) is 21.2 Å². The molecular weight excluding hydrogens is 258 g/mol. The molecule has 1 heterocycles. The number of benzene rings is 1. The van der Waals surface area contributed by atoms with Crippen LogP contribution in [0.25, 0.3) is 0 Å². The molecule has 1 fully saturated rings. The molecule has 1 aliphatic heterocycles. The Morgan fingerprint density at radius 1 is 1.53 bits per heavy atom. The van der Waals surface area contributed by atoms with Crippen molar-refractivity contribution in [3.63, 3.8) is 0 Å². The maximum Gasteiger partial charge on any atom is 0.192 e. The van der Waals surface area contributed by atoms with Gasteiger partial charge in [0, 0.05) is 23.1 Å². The molecule has 1 atom stereocenters.